The lowest BCUT2D eigenvalue weighted by atomic mass is 9.82. The van der Waals surface area contributed by atoms with Crippen molar-refractivity contribution in [3.05, 3.63) is 40.2 Å². The summed E-state index contributed by atoms with van der Waals surface area (Å²) >= 11 is 6.07. The van der Waals surface area contributed by atoms with Crippen molar-refractivity contribution in [2.75, 3.05) is 0 Å². The van der Waals surface area contributed by atoms with Crippen LogP contribution in [0.25, 0.3) is 5.57 Å². The van der Waals surface area contributed by atoms with Gasteiger partial charge in [-0.15, -0.1) is 0 Å². The Bertz CT molecular complexity index is 648. The Morgan fingerprint density at radius 2 is 1.84 bits per heavy atom. The van der Waals surface area contributed by atoms with E-state index in [-0.39, 0.29) is 17.9 Å². The van der Waals surface area contributed by atoms with Crippen LogP contribution >= 0.6 is 11.6 Å². The highest BCUT2D eigenvalue weighted by Crippen LogP contribution is 2.47. The molecule has 7 heteroatoms. The second-order valence-electron chi connectivity index (χ2n) is 6.33. The average molecular weight is 385 g/mol. The van der Waals surface area contributed by atoms with Crippen molar-refractivity contribution in [3.63, 3.8) is 0 Å². The molecule has 0 fully saturated rings. The summed E-state index contributed by atoms with van der Waals surface area (Å²) < 4.78 is 78.6. The third-order valence-corrected chi connectivity index (χ3v) is 4.98. The van der Waals surface area contributed by atoms with E-state index in [1.165, 1.54) is 6.08 Å². The highest BCUT2D eigenvalue weighted by molar-refractivity contribution is 6.32. The van der Waals surface area contributed by atoms with E-state index in [0.29, 0.717) is 23.1 Å². The summed E-state index contributed by atoms with van der Waals surface area (Å²) in [5, 5.41) is -0.0964. The van der Waals surface area contributed by atoms with Crippen LogP contribution in [0.1, 0.15) is 50.2 Å². The maximum atomic E-state index is 14.3. The molecule has 2 rings (SSSR count). The van der Waals surface area contributed by atoms with Crippen molar-refractivity contribution in [1.29, 1.82) is 0 Å². The molecular formula is C18H19ClF6. The van der Waals surface area contributed by atoms with Gasteiger partial charge in [-0.3, -0.25) is 0 Å². The summed E-state index contributed by atoms with van der Waals surface area (Å²) in [6.45, 7) is 1.98. The predicted octanol–water partition coefficient (Wildman–Crippen LogP) is 7.20. The van der Waals surface area contributed by atoms with E-state index >= 15 is 0 Å². The SMILES string of the molecule is CCCCc1ccc(C2=CCC(C(F)(F)C(F)(F)F)CC2)c(Cl)c1F. The van der Waals surface area contributed by atoms with Crippen molar-refractivity contribution in [2.24, 2.45) is 5.92 Å². The van der Waals surface area contributed by atoms with E-state index in [1.807, 2.05) is 6.92 Å². The number of halogens is 7. The van der Waals surface area contributed by atoms with Crippen molar-refractivity contribution in [3.8, 4) is 0 Å². The lowest BCUT2D eigenvalue weighted by molar-refractivity contribution is -0.303. The molecule has 25 heavy (non-hydrogen) atoms. The van der Waals surface area contributed by atoms with Crippen molar-refractivity contribution in [2.45, 2.75) is 57.5 Å². The maximum absolute atomic E-state index is 14.3. The van der Waals surface area contributed by atoms with Gasteiger partial charge in [0.1, 0.15) is 5.82 Å². The molecule has 1 aliphatic carbocycles. The zero-order valence-corrected chi connectivity index (χ0v) is 14.5. The molecule has 0 radical (unpaired) electrons. The quantitative estimate of drug-likeness (QED) is 0.471. The minimum absolute atomic E-state index is 0.00377. The van der Waals surface area contributed by atoms with Crippen LogP contribution in [0.3, 0.4) is 0 Å². The largest absolute Gasteiger partial charge is 0.453 e. The van der Waals surface area contributed by atoms with E-state index in [1.54, 1.807) is 12.1 Å². The van der Waals surface area contributed by atoms with Crippen molar-refractivity contribution < 1.29 is 26.3 Å². The van der Waals surface area contributed by atoms with Crippen LogP contribution in [0.4, 0.5) is 26.3 Å². The molecule has 1 aromatic rings. The van der Waals surface area contributed by atoms with Gasteiger partial charge in [-0.2, -0.15) is 22.0 Å². The maximum Gasteiger partial charge on any atom is 0.453 e. The molecule has 1 aliphatic rings. The first-order chi connectivity index (χ1) is 11.6. The van der Waals surface area contributed by atoms with Gasteiger partial charge in [0.2, 0.25) is 0 Å². The Kier molecular flexibility index (Phi) is 6.13. The molecule has 140 valence electrons. The lowest BCUT2D eigenvalue weighted by Gasteiger charge is -2.31. The van der Waals surface area contributed by atoms with Crippen LogP contribution in [0.5, 0.6) is 0 Å². The van der Waals surface area contributed by atoms with Crippen LogP contribution in [-0.4, -0.2) is 12.1 Å². The topological polar surface area (TPSA) is 0 Å². The molecule has 0 spiro atoms. The minimum atomic E-state index is -5.56. The standard InChI is InChI=1S/C18H19ClF6/c1-2-3-4-12-7-10-14(15(19)16(12)20)11-5-8-13(9-6-11)17(21,22)18(23,24)25/h5,7,10,13H,2-4,6,8-9H2,1H3. The smallest absolute Gasteiger partial charge is 0.205 e. The van der Waals surface area contributed by atoms with Gasteiger partial charge in [0.25, 0.3) is 0 Å². The fourth-order valence-corrected chi connectivity index (χ4v) is 3.34. The third kappa shape index (κ3) is 4.15. The van der Waals surface area contributed by atoms with E-state index in [4.69, 9.17) is 11.6 Å². The highest BCUT2D eigenvalue weighted by Gasteiger charge is 2.61. The van der Waals surface area contributed by atoms with Crippen LogP contribution in [0.2, 0.25) is 5.02 Å². The van der Waals surface area contributed by atoms with Crippen LogP contribution in [-0.2, 0) is 6.42 Å². The van der Waals surface area contributed by atoms with Crippen molar-refractivity contribution >= 4 is 17.2 Å². The number of rotatable bonds is 5. The molecule has 0 aliphatic heterocycles. The summed E-state index contributed by atoms with van der Waals surface area (Å²) in [7, 11) is 0. The molecule has 0 nitrogen and oxygen atoms in total. The molecule has 0 amide bonds. The molecule has 1 atom stereocenters. The van der Waals surface area contributed by atoms with Gasteiger partial charge >= 0.3 is 12.1 Å². The van der Waals surface area contributed by atoms with Crippen LogP contribution in [0, 0.1) is 11.7 Å². The summed E-state index contributed by atoms with van der Waals surface area (Å²) in [6.07, 6.45) is -2.73. The molecule has 0 bridgehead atoms. The molecule has 0 N–H and O–H groups in total. The summed E-state index contributed by atoms with van der Waals surface area (Å²) in [6, 6.07) is 3.22. The monoisotopic (exact) mass is 384 g/mol. The van der Waals surface area contributed by atoms with Crippen LogP contribution < -0.4 is 0 Å². The van der Waals surface area contributed by atoms with Gasteiger partial charge in [-0.1, -0.05) is 43.2 Å². The van der Waals surface area contributed by atoms with Gasteiger partial charge in [0, 0.05) is 5.92 Å². The first kappa shape index (κ1) is 20.1. The molecule has 0 saturated heterocycles. The molecule has 1 aromatic carbocycles. The normalized spacial score (nSPS) is 19.0. The Morgan fingerprint density at radius 1 is 1.16 bits per heavy atom. The Labute approximate surface area is 147 Å². The number of alkyl halides is 5. The van der Waals surface area contributed by atoms with Gasteiger partial charge in [-0.05, 0) is 48.8 Å². The number of benzene rings is 1. The lowest BCUT2D eigenvalue weighted by Crippen LogP contribution is -2.43. The van der Waals surface area contributed by atoms with Gasteiger partial charge < -0.3 is 0 Å². The highest BCUT2D eigenvalue weighted by atomic mass is 35.5. The Hall–Kier alpha value is -1.17. The number of unbranched alkanes of at least 4 members (excludes halogenated alkanes) is 1. The van der Waals surface area contributed by atoms with Crippen molar-refractivity contribution in [1.82, 2.24) is 0 Å². The molecule has 0 saturated carbocycles. The molecule has 1 unspecified atom stereocenters. The van der Waals surface area contributed by atoms with E-state index in [2.05, 4.69) is 0 Å². The first-order valence-electron chi connectivity index (χ1n) is 8.20. The number of aryl methyl sites for hydroxylation is 1. The van der Waals surface area contributed by atoms with E-state index in [0.717, 1.165) is 12.8 Å². The van der Waals surface area contributed by atoms with E-state index in [9.17, 15) is 26.3 Å². The van der Waals surface area contributed by atoms with Gasteiger partial charge in [0.05, 0.1) is 5.02 Å². The Morgan fingerprint density at radius 3 is 2.36 bits per heavy atom. The number of allylic oxidation sites excluding steroid dienone is 2. The fourth-order valence-electron chi connectivity index (χ4n) is 3.04. The zero-order valence-electron chi connectivity index (χ0n) is 13.7. The predicted molar refractivity (Wildman–Crippen MR) is 86.3 cm³/mol. The van der Waals surface area contributed by atoms with Gasteiger partial charge in [-0.25, -0.2) is 4.39 Å². The second-order valence-corrected chi connectivity index (χ2v) is 6.70. The molecule has 0 heterocycles. The zero-order chi connectivity index (χ0) is 18.8. The summed E-state index contributed by atoms with van der Waals surface area (Å²) in [5.74, 6) is -7.08. The van der Waals surface area contributed by atoms with Crippen LogP contribution in [0.15, 0.2) is 18.2 Å². The van der Waals surface area contributed by atoms with E-state index < -0.39 is 30.3 Å². The average Bonchev–Trinajstić information content (AvgIpc) is 2.55. The summed E-state index contributed by atoms with van der Waals surface area (Å²) in [5.41, 5.74) is 1.36. The summed E-state index contributed by atoms with van der Waals surface area (Å²) in [4.78, 5) is 0. The third-order valence-electron chi connectivity index (χ3n) is 4.61. The number of hydrogen-bond donors (Lipinski definition) is 0. The molecular weight excluding hydrogens is 366 g/mol. The van der Waals surface area contributed by atoms with Gasteiger partial charge in [0.15, 0.2) is 0 Å². The fraction of sp³-hybridized carbons (Fsp3) is 0.556. The second kappa shape index (κ2) is 7.60. The number of hydrogen-bond acceptors (Lipinski definition) is 0. The Balaban J connectivity index is 2.21. The minimum Gasteiger partial charge on any atom is -0.205 e. The first-order valence-corrected chi connectivity index (χ1v) is 8.58. The molecule has 0 aromatic heterocycles.